The van der Waals surface area contributed by atoms with Gasteiger partial charge in [-0.25, -0.2) is 0 Å². The maximum atomic E-state index is 12.0. The number of carbonyl (C=O) groups is 1. The Labute approximate surface area is 89.1 Å². The highest BCUT2D eigenvalue weighted by Gasteiger charge is 2.29. The predicted molar refractivity (Wildman–Crippen MR) is 60.6 cm³/mol. The van der Waals surface area contributed by atoms with Crippen LogP contribution in [0.15, 0.2) is 42.0 Å². The summed E-state index contributed by atoms with van der Waals surface area (Å²) in [4.78, 5) is 12.0. The van der Waals surface area contributed by atoms with Crippen LogP contribution in [0.5, 0.6) is 0 Å². The Morgan fingerprint density at radius 2 is 1.93 bits per heavy atom. The first-order valence-electron chi connectivity index (χ1n) is 5.33. The lowest BCUT2D eigenvalue weighted by molar-refractivity contribution is 0.104. The van der Waals surface area contributed by atoms with Gasteiger partial charge < -0.3 is 0 Å². The molecule has 0 bridgehead atoms. The van der Waals surface area contributed by atoms with Gasteiger partial charge in [0.2, 0.25) is 0 Å². The molecule has 15 heavy (non-hydrogen) atoms. The number of ketones is 1. The van der Waals surface area contributed by atoms with Crippen molar-refractivity contribution < 1.29 is 4.79 Å². The molecule has 74 valence electrons. The minimum atomic E-state index is 0.198. The topological polar surface area (TPSA) is 17.1 Å². The molecule has 1 aromatic carbocycles. The number of benzene rings is 1. The lowest BCUT2D eigenvalue weighted by Gasteiger charge is -2.14. The molecule has 0 radical (unpaired) electrons. The standard InChI is InChI=1S/C14H12O/c1-9-6-7-12-13(8-9)10-4-2-3-5-11(10)14(12)15/h2-7,9H,8H2,1H3. The quantitative estimate of drug-likeness (QED) is 0.622. The molecule has 2 aliphatic carbocycles. The van der Waals surface area contributed by atoms with E-state index in [-0.39, 0.29) is 5.78 Å². The van der Waals surface area contributed by atoms with Crippen LogP contribution in [0.25, 0.3) is 5.57 Å². The molecule has 1 nitrogen and oxygen atoms in total. The van der Waals surface area contributed by atoms with Gasteiger partial charge in [0, 0.05) is 11.1 Å². The number of Topliss-reactive ketones (excluding diaryl/α,β-unsaturated/α-hetero) is 1. The molecule has 1 aromatic rings. The number of carbonyl (C=O) groups excluding carboxylic acids is 1. The minimum Gasteiger partial charge on any atom is -0.289 e. The molecular formula is C14H12O. The second-order valence-electron chi connectivity index (χ2n) is 4.31. The third-order valence-corrected chi connectivity index (χ3v) is 3.18. The zero-order valence-electron chi connectivity index (χ0n) is 8.66. The molecule has 0 saturated carbocycles. The van der Waals surface area contributed by atoms with Crippen molar-refractivity contribution in [3.05, 3.63) is 53.1 Å². The van der Waals surface area contributed by atoms with Crippen LogP contribution < -0.4 is 0 Å². The summed E-state index contributed by atoms with van der Waals surface area (Å²) in [5.41, 5.74) is 4.18. The van der Waals surface area contributed by atoms with Crippen molar-refractivity contribution in [3.63, 3.8) is 0 Å². The van der Waals surface area contributed by atoms with E-state index in [9.17, 15) is 4.79 Å². The van der Waals surface area contributed by atoms with Crippen LogP contribution in [0.4, 0.5) is 0 Å². The molecule has 0 spiro atoms. The summed E-state index contributed by atoms with van der Waals surface area (Å²) >= 11 is 0. The molecule has 0 amide bonds. The van der Waals surface area contributed by atoms with Crippen molar-refractivity contribution in [1.29, 1.82) is 0 Å². The smallest absolute Gasteiger partial charge is 0.193 e. The van der Waals surface area contributed by atoms with E-state index in [1.807, 2.05) is 24.3 Å². The van der Waals surface area contributed by atoms with Gasteiger partial charge in [0.25, 0.3) is 0 Å². The van der Waals surface area contributed by atoms with Gasteiger partial charge in [-0.2, -0.15) is 0 Å². The Morgan fingerprint density at radius 3 is 2.73 bits per heavy atom. The van der Waals surface area contributed by atoms with Crippen molar-refractivity contribution in [2.75, 3.05) is 0 Å². The Morgan fingerprint density at radius 1 is 1.20 bits per heavy atom. The van der Waals surface area contributed by atoms with Gasteiger partial charge in [0.15, 0.2) is 5.78 Å². The molecule has 0 aromatic heterocycles. The number of allylic oxidation sites excluding steroid dienone is 4. The van der Waals surface area contributed by atoms with Crippen molar-refractivity contribution >= 4 is 11.4 Å². The highest BCUT2D eigenvalue weighted by molar-refractivity contribution is 6.22. The first-order chi connectivity index (χ1) is 7.27. The van der Waals surface area contributed by atoms with Crippen LogP contribution in [0.3, 0.4) is 0 Å². The van der Waals surface area contributed by atoms with Gasteiger partial charge in [-0.1, -0.05) is 43.3 Å². The van der Waals surface area contributed by atoms with Crippen LogP contribution >= 0.6 is 0 Å². The molecule has 2 aliphatic rings. The minimum absolute atomic E-state index is 0.198. The van der Waals surface area contributed by atoms with E-state index in [2.05, 4.69) is 19.1 Å². The highest BCUT2D eigenvalue weighted by Crippen LogP contribution is 2.39. The molecule has 1 unspecified atom stereocenters. The molecule has 3 rings (SSSR count). The van der Waals surface area contributed by atoms with Gasteiger partial charge in [-0.3, -0.25) is 4.79 Å². The molecule has 0 N–H and O–H groups in total. The van der Waals surface area contributed by atoms with Crippen molar-refractivity contribution in [2.24, 2.45) is 5.92 Å². The number of hydrogen-bond acceptors (Lipinski definition) is 1. The third-order valence-electron chi connectivity index (χ3n) is 3.18. The predicted octanol–water partition coefficient (Wildman–Crippen LogP) is 3.23. The molecule has 0 fully saturated rings. The summed E-state index contributed by atoms with van der Waals surface area (Å²) in [5.74, 6) is 0.742. The van der Waals surface area contributed by atoms with Crippen LogP contribution in [0.2, 0.25) is 0 Å². The van der Waals surface area contributed by atoms with E-state index in [1.165, 1.54) is 5.57 Å². The van der Waals surface area contributed by atoms with Crippen LogP contribution in [-0.2, 0) is 0 Å². The zero-order valence-corrected chi connectivity index (χ0v) is 8.66. The molecule has 1 atom stereocenters. The Balaban J connectivity index is 2.22. The average molecular weight is 196 g/mol. The maximum absolute atomic E-state index is 12.0. The van der Waals surface area contributed by atoms with Gasteiger partial charge in [-0.05, 0) is 23.5 Å². The van der Waals surface area contributed by atoms with Crippen LogP contribution in [0.1, 0.15) is 29.3 Å². The number of hydrogen-bond donors (Lipinski definition) is 0. The second kappa shape index (κ2) is 2.93. The fraction of sp³-hybridized carbons (Fsp3) is 0.214. The van der Waals surface area contributed by atoms with E-state index >= 15 is 0 Å². The van der Waals surface area contributed by atoms with Gasteiger partial charge in [-0.15, -0.1) is 0 Å². The lowest BCUT2D eigenvalue weighted by Crippen LogP contribution is -2.01. The number of rotatable bonds is 0. The molecule has 1 heteroatoms. The lowest BCUT2D eigenvalue weighted by atomic mass is 9.90. The Bertz CT molecular complexity index is 506. The maximum Gasteiger partial charge on any atom is 0.193 e. The fourth-order valence-electron chi connectivity index (χ4n) is 2.42. The van der Waals surface area contributed by atoms with E-state index in [0.29, 0.717) is 5.92 Å². The number of fused-ring (bicyclic) bond motifs is 2. The molecule has 0 heterocycles. The van der Waals surface area contributed by atoms with E-state index in [0.717, 1.165) is 23.1 Å². The zero-order chi connectivity index (χ0) is 10.4. The van der Waals surface area contributed by atoms with Crippen LogP contribution in [-0.4, -0.2) is 5.78 Å². The van der Waals surface area contributed by atoms with E-state index in [1.54, 1.807) is 0 Å². The van der Waals surface area contributed by atoms with Crippen molar-refractivity contribution in [3.8, 4) is 0 Å². The normalized spacial score (nSPS) is 23.0. The summed E-state index contributed by atoms with van der Waals surface area (Å²) in [6.45, 7) is 2.19. The van der Waals surface area contributed by atoms with Gasteiger partial charge in [0.1, 0.15) is 0 Å². The average Bonchev–Trinajstić information content (AvgIpc) is 2.54. The van der Waals surface area contributed by atoms with Gasteiger partial charge in [0.05, 0.1) is 0 Å². The monoisotopic (exact) mass is 196 g/mol. The molecule has 0 saturated heterocycles. The summed E-state index contributed by atoms with van der Waals surface area (Å²) in [6, 6.07) is 7.92. The van der Waals surface area contributed by atoms with Gasteiger partial charge >= 0.3 is 0 Å². The van der Waals surface area contributed by atoms with Crippen molar-refractivity contribution in [2.45, 2.75) is 13.3 Å². The SMILES string of the molecule is CC1C=CC2=C(C1)c1ccccc1C2=O. The van der Waals surface area contributed by atoms with Crippen LogP contribution in [0, 0.1) is 5.92 Å². The largest absolute Gasteiger partial charge is 0.289 e. The first-order valence-corrected chi connectivity index (χ1v) is 5.33. The summed E-state index contributed by atoms with van der Waals surface area (Å²) in [5, 5.41) is 0. The van der Waals surface area contributed by atoms with E-state index < -0.39 is 0 Å². The first kappa shape index (κ1) is 8.66. The Kier molecular flexibility index (Phi) is 1.69. The third kappa shape index (κ3) is 1.13. The van der Waals surface area contributed by atoms with Crippen molar-refractivity contribution in [1.82, 2.24) is 0 Å². The highest BCUT2D eigenvalue weighted by atomic mass is 16.1. The fourth-order valence-corrected chi connectivity index (χ4v) is 2.42. The second-order valence-corrected chi connectivity index (χ2v) is 4.31. The molecule has 0 aliphatic heterocycles. The van der Waals surface area contributed by atoms with E-state index in [4.69, 9.17) is 0 Å². The summed E-state index contributed by atoms with van der Waals surface area (Å²) < 4.78 is 0. The summed E-state index contributed by atoms with van der Waals surface area (Å²) in [6.07, 6.45) is 5.11. The molecular weight excluding hydrogens is 184 g/mol. The Hall–Kier alpha value is -1.63. The summed E-state index contributed by atoms with van der Waals surface area (Å²) in [7, 11) is 0.